The maximum atomic E-state index is 13.0. The summed E-state index contributed by atoms with van der Waals surface area (Å²) in [5.74, 6) is 0.650. The zero-order valence-electron chi connectivity index (χ0n) is 13.1. The lowest BCUT2D eigenvalue weighted by Crippen LogP contribution is -2.52. The summed E-state index contributed by atoms with van der Waals surface area (Å²) in [7, 11) is 1.78. The van der Waals surface area contributed by atoms with E-state index in [-0.39, 0.29) is 5.82 Å². The largest absolute Gasteiger partial charge is 0.368 e. The molecule has 3 rings (SSSR count). The minimum atomic E-state index is -0.204. The van der Waals surface area contributed by atoms with E-state index in [0.717, 1.165) is 43.5 Å². The van der Waals surface area contributed by atoms with Gasteiger partial charge in [0, 0.05) is 45.0 Å². The summed E-state index contributed by atoms with van der Waals surface area (Å²) in [6.45, 7) is 4.04. The fourth-order valence-corrected chi connectivity index (χ4v) is 2.66. The van der Waals surface area contributed by atoms with E-state index in [1.54, 1.807) is 13.3 Å². The highest BCUT2D eigenvalue weighted by Gasteiger charge is 2.19. The van der Waals surface area contributed by atoms with Crippen LogP contribution in [0.2, 0.25) is 0 Å². The lowest BCUT2D eigenvalue weighted by atomic mass is 10.2. The normalized spacial score (nSPS) is 15.8. The van der Waals surface area contributed by atoms with Crippen molar-refractivity contribution in [2.75, 3.05) is 38.1 Å². The van der Waals surface area contributed by atoms with E-state index in [4.69, 9.17) is 4.52 Å². The number of aliphatic imine (C=N–C) groups is 1. The molecule has 0 saturated carbocycles. The van der Waals surface area contributed by atoms with Gasteiger partial charge in [-0.15, -0.1) is 0 Å². The number of benzene rings is 1. The van der Waals surface area contributed by atoms with Gasteiger partial charge in [0.15, 0.2) is 5.96 Å². The summed E-state index contributed by atoms with van der Waals surface area (Å²) in [6.07, 6.45) is 1.56. The van der Waals surface area contributed by atoms with E-state index >= 15 is 0 Å². The molecular weight excluding hydrogens is 297 g/mol. The molecule has 7 heteroatoms. The maximum Gasteiger partial charge on any atom is 0.194 e. The molecule has 1 saturated heterocycles. The number of anilines is 1. The van der Waals surface area contributed by atoms with E-state index in [0.29, 0.717) is 6.54 Å². The number of piperazine rings is 1. The standard InChI is InChI=1S/C16H20FN5O/c1-18-16(19-12-14-6-11-23-20-14)22-9-7-21(8-10-22)15-4-2-13(17)3-5-15/h2-6,11H,7-10,12H2,1H3,(H,18,19). The zero-order chi connectivity index (χ0) is 16.1. The monoisotopic (exact) mass is 317 g/mol. The predicted octanol–water partition coefficient (Wildman–Crippen LogP) is 1.71. The molecule has 1 aliphatic rings. The number of nitrogens with zero attached hydrogens (tertiary/aromatic N) is 4. The number of aromatic nitrogens is 1. The van der Waals surface area contributed by atoms with Gasteiger partial charge in [-0.05, 0) is 24.3 Å². The molecule has 0 radical (unpaired) electrons. The highest BCUT2D eigenvalue weighted by Crippen LogP contribution is 2.16. The number of hydrogen-bond donors (Lipinski definition) is 1. The first kappa shape index (κ1) is 15.3. The highest BCUT2D eigenvalue weighted by molar-refractivity contribution is 5.80. The molecule has 0 atom stereocenters. The van der Waals surface area contributed by atoms with Crippen molar-refractivity contribution in [1.82, 2.24) is 15.4 Å². The number of rotatable bonds is 3. The summed E-state index contributed by atoms with van der Waals surface area (Å²) < 4.78 is 17.8. The van der Waals surface area contributed by atoms with Gasteiger partial charge < -0.3 is 19.6 Å². The van der Waals surface area contributed by atoms with Crippen LogP contribution in [0.4, 0.5) is 10.1 Å². The van der Waals surface area contributed by atoms with E-state index in [9.17, 15) is 4.39 Å². The summed E-state index contributed by atoms with van der Waals surface area (Å²) in [6, 6.07) is 8.47. The van der Waals surface area contributed by atoms with Crippen molar-refractivity contribution in [1.29, 1.82) is 0 Å². The van der Waals surface area contributed by atoms with Crippen LogP contribution in [0, 0.1) is 5.82 Å². The Hall–Kier alpha value is -2.57. The van der Waals surface area contributed by atoms with Crippen LogP contribution >= 0.6 is 0 Å². The van der Waals surface area contributed by atoms with Crippen LogP contribution in [-0.2, 0) is 6.54 Å². The summed E-state index contributed by atoms with van der Waals surface area (Å²) in [4.78, 5) is 8.78. The molecule has 0 amide bonds. The minimum absolute atomic E-state index is 0.204. The topological polar surface area (TPSA) is 56.9 Å². The molecule has 0 bridgehead atoms. The Bertz CT molecular complexity index is 633. The smallest absolute Gasteiger partial charge is 0.194 e. The van der Waals surface area contributed by atoms with Crippen LogP contribution in [-0.4, -0.2) is 49.2 Å². The Kier molecular flexibility index (Phi) is 4.75. The van der Waals surface area contributed by atoms with Crippen molar-refractivity contribution in [3.05, 3.63) is 48.1 Å². The van der Waals surface area contributed by atoms with Crippen LogP contribution in [0.3, 0.4) is 0 Å². The van der Waals surface area contributed by atoms with Crippen LogP contribution in [0.5, 0.6) is 0 Å². The van der Waals surface area contributed by atoms with Crippen LogP contribution in [0.1, 0.15) is 5.69 Å². The SMILES string of the molecule is CN=C(NCc1ccon1)N1CCN(c2ccc(F)cc2)CC1. The van der Waals surface area contributed by atoms with Crippen LogP contribution < -0.4 is 10.2 Å². The quantitative estimate of drug-likeness (QED) is 0.690. The molecular formula is C16H20FN5O. The summed E-state index contributed by atoms with van der Waals surface area (Å²) in [5, 5.41) is 7.17. The number of guanidine groups is 1. The van der Waals surface area contributed by atoms with E-state index < -0.39 is 0 Å². The summed E-state index contributed by atoms with van der Waals surface area (Å²) in [5.41, 5.74) is 1.90. The number of hydrogen-bond acceptors (Lipinski definition) is 4. The molecule has 23 heavy (non-hydrogen) atoms. The lowest BCUT2D eigenvalue weighted by molar-refractivity contribution is 0.370. The van der Waals surface area contributed by atoms with Crippen molar-refractivity contribution in [2.24, 2.45) is 4.99 Å². The molecule has 1 aromatic heterocycles. The van der Waals surface area contributed by atoms with Gasteiger partial charge in [0.05, 0.1) is 6.54 Å². The van der Waals surface area contributed by atoms with Gasteiger partial charge in [0.2, 0.25) is 0 Å². The molecule has 2 heterocycles. The van der Waals surface area contributed by atoms with Crippen molar-refractivity contribution in [2.45, 2.75) is 6.54 Å². The van der Waals surface area contributed by atoms with Crippen molar-refractivity contribution in [3.63, 3.8) is 0 Å². The predicted molar refractivity (Wildman–Crippen MR) is 86.9 cm³/mol. The van der Waals surface area contributed by atoms with Gasteiger partial charge in [0.25, 0.3) is 0 Å². The fraction of sp³-hybridized carbons (Fsp3) is 0.375. The first-order valence-electron chi connectivity index (χ1n) is 7.61. The van der Waals surface area contributed by atoms with Gasteiger partial charge >= 0.3 is 0 Å². The molecule has 0 aliphatic carbocycles. The second-order valence-corrected chi connectivity index (χ2v) is 5.34. The minimum Gasteiger partial charge on any atom is -0.368 e. The first-order valence-corrected chi connectivity index (χ1v) is 7.61. The molecule has 0 spiro atoms. The Morgan fingerprint density at radius 1 is 1.22 bits per heavy atom. The Balaban J connectivity index is 1.53. The molecule has 2 aromatic rings. The number of nitrogens with one attached hydrogen (secondary N) is 1. The van der Waals surface area contributed by atoms with Crippen LogP contribution in [0.25, 0.3) is 0 Å². The van der Waals surface area contributed by atoms with Gasteiger partial charge in [-0.1, -0.05) is 5.16 Å². The van der Waals surface area contributed by atoms with Crippen molar-refractivity contribution >= 4 is 11.6 Å². The van der Waals surface area contributed by atoms with Crippen LogP contribution in [0.15, 0.2) is 46.1 Å². The van der Waals surface area contributed by atoms with Crippen molar-refractivity contribution < 1.29 is 8.91 Å². The van der Waals surface area contributed by atoms with E-state index in [2.05, 4.69) is 25.3 Å². The first-order chi connectivity index (χ1) is 11.3. The second kappa shape index (κ2) is 7.13. The Labute approximate surface area is 134 Å². The van der Waals surface area contributed by atoms with Gasteiger partial charge in [-0.2, -0.15) is 0 Å². The summed E-state index contributed by atoms with van der Waals surface area (Å²) >= 11 is 0. The molecule has 1 N–H and O–H groups in total. The highest BCUT2D eigenvalue weighted by atomic mass is 19.1. The second-order valence-electron chi connectivity index (χ2n) is 5.34. The third-order valence-electron chi connectivity index (χ3n) is 3.90. The van der Waals surface area contributed by atoms with E-state index in [1.807, 2.05) is 18.2 Å². The fourth-order valence-electron chi connectivity index (χ4n) is 2.66. The van der Waals surface area contributed by atoms with Crippen molar-refractivity contribution in [3.8, 4) is 0 Å². The zero-order valence-corrected chi connectivity index (χ0v) is 13.1. The molecule has 1 fully saturated rings. The third kappa shape index (κ3) is 3.80. The third-order valence-corrected chi connectivity index (χ3v) is 3.90. The molecule has 6 nitrogen and oxygen atoms in total. The van der Waals surface area contributed by atoms with Gasteiger partial charge in [0.1, 0.15) is 17.8 Å². The molecule has 0 unspecified atom stereocenters. The molecule has 122 valence electrons. The van der Waals surface area contributed by atoms with Gasteiger partial charge in [-0.3, -0.25) is 4.99 Å². The molecule has 1 aromatic carbocycles. The molecule has 1 aliphatic heterocycles. The average Bonchev–Trinajstić information content (AvgIpc) is 3.10. The maximum absolute atomic E-state index is 13.0. The van der Waals surface area contributed by atoms with Gasteiger partial charge in [-0.25, -0.2) is 4.39 Å². The Morgan fingerprint density at radius 2 is 1.96 bits per heavy atom. The van der Waals surface area contributed by atoms with E-state index in [1.165, 1.54) is 12.1 Å². The lowest BCUT2D eigenvalue weighted by Gasteiger charge is -2.37. The average molecular weight is 317 g/mol. The number of halogens is 1. The Morgan fingerprint density at radius 3 is 2.57 bits per heavy atom.